The Kier molecular flexibility index (Phi) is 3.92. The summed E-state index contributed by atoms with van der Waals surface area (Å²) in [6.45, 7) is 6.42. The van der Waals surface area contributed by atoms with Gasteiger partial charge in [-0.2, -0.15) is 0 Å². The first-order valence-electron chi connectivity index (χ1n) is 4.78. The maximum absolute atomic E-state index is 9.02. The largest absolute Gasteiger partial charge is 0.364 e. The fraction of sp³-hybridized carbons (Fsp3) is 0.455. The minimum Gasteiger partial charge on any atom is -0.364 e. The van der Waals surface area contributed by atoms with E-state index in [0.29, 0.717) is 5.56 Å². The fourth-order valence-electron chi connectivity index (χ4n) is 1.46. The summed E-state index contributed by atoms with van der Waals surface area (Å²) in [7, 11) is 0. The predicted octanol–water partition coefficient (Wildman–Crippen LogP) is 1.75. The minimum atomic E-state index is -1.37. The monoisotopic (exact) mass is 195 g/mol. The standard InChI is InChI=1S/C11H17NO2/c1-3-4-5-6-12-7-9(2)10(8-12)11(13)14/h3,7-8,11,13-14H,1,4-6H2,2H3. The van der Waals surface area contributed by atoms with Crippen LogP contribution in [0, 0.1) is 6.92 Å². The topological polar surface area (TPSA) is 45.4 Å². The van der Waals surface area contributed by atoms with Gasteiger partial charge in [-0.15, -0.1) is 6.58 Å². The Morgan fingerprint density at radius 1 is 1.50 bits per heavy atom. The van der Waals surface area contributed by atoms with Crippen LogP contribution in [0.3, 0.4) is 0 Å². The van der Waals surface area contributed by atoms with Crippen LogP contribution in [0.25, 0.3) is 0 Å². The second-order valence-corrected chi connectivity index (χ2v) is 3.44. The van der Waals surface area contributed by atoms with Crippen LogP contribution in [0.15, 0.2) is 25.0 Å². The molecular formula is C11H17NO2. The highest BCUT2D eigenvalue weighted by molar-refractivity contribution is 5.23. The third kappa shape index (κ3) is 2.72. The van der Waals surface area contributed by atoms with Crippen LogP contribution >= 0.6 is 0 Å². The molecule has 1 rings (SSSR count). The fourth-order valence-corrected chi connectivity index (χ4v) is 1.46. The van der Waals surface area contributed by atoms with E-state index in [-0.39, 0.29) is 0 Å². The molecule has 0 radical (unpaired) electrons. The molecule has 78 valence electrons. The molecule has 0 saturated heterocycles. The van der Waals surface area contributed by atoms with Crippen LogP contribution in [-0.2, 0) is 6.54 Å². The van der Waals surface area contributed by atoms with Gasteiger partial charge in [0.2, 0.25) is 0 Å². The van der Waals surface area contributed by atoms with Crippen LogP contribution in [0.5, 0.6) is 0 Å². The lowest BCUT2D eigenvalue weighted by Crippen LogP contribution is -1.96. The van der Waals surface area contributed by atoms with Gasteiger partial charge in [0.25, 0.3) is 0 Å². The Bertz CT molecular complexity index is 302. The Hall–Kier alpha value is -1.06. The molecule has 0 amide bonds. The van der Waals surface area contributed by atoms with E-state index in [1.54, 1.807) is 6.20 Å². The summed E-state index contributed by atoms with van der Waals surface area (Å²) in [6, 6.07) is 0. The van der Waals surface area contributed by atoms with Gasteiger partial charge in [-0.05, 0) is 25.3 Å². The predicted molar refractivity (Wildman–Crippen MR) is 55.8 cm³/mol. The van der Waals surface area contributed by atoms with E-state index in [1.807, 2.05) is 23.8 Å². The molecule has 0 unspecified atom stereocenters. The summed E-state index contributed by atoms with van der Waals surface area (Å²) in [6.07, 6.45) is 6.24. The maximum atomic E-state index is 9.02. The van der Waals surface area contributed by atoms with Gasteiger partial charge in [-0.1, -0.05) is 6.08 Å². The molecule has 1 heterocycles. The summed E-state index contributed by atoms with van der Waals surface area (Å²) in [5.41, 5.74) is 1.50. The number of aliphatic hydroxyl groups excluding tert-OH is 1. The molecule has 0 aliphatic carbocycles. The molecule has 1 aromatic heterocycles. The number of hydrogen-bond donors (Lipinski definition) is 2. The normalized spacial score (nSPS) is 10.9. The molecule has 0 aromatic carbocycles. The molecule has 1 aromatic rings. The molecular weight excluding hydrogens is 178 g/mol. The molecule has 2 N–H and O–H groups in total. The number of aryl methyl sites for hydroxylation is 2. The number of nitrogens with zero attached hydrogens (tertiary/aromatic N) is 1. The van der Waals surface area contributed by atoms with E-state index in [2.05, 4.69) is 6.58 Å². The molecule has 0 atom stereocenters. The molecule has 3 nitrogen and oxygen atoms in total. The number of unbranched alkanes of at least 4 members (excludes halogenated alkanes) is 1. The highest BCUT2D eigenvalue weighted by atomic mass is 16.5. The summed E-state index contributed by atoms with van der Waals surface area (Å²) in [5.74, 6) is 0. The first-order chi connectivity index (χ1) is 6.65. The molecule has 0 spiro atoms. The van der Waals surface area contributed by atoms with E-state index in [0.717, 1.165) is 24.9 Å². The summed E-state index contributed by atoms with van der Waals surface area (Å²) in [4.78, 5) is 0. The van der Waals surface area contributed by atoms with Gasteiger partial charge >= 0.3 is 0 Å². The number of aliphatic hydroxyl groups is 2. The second-order valence-electron chi connectivity index (χ2n) is 3.44. The lowest BCUT2D eigenvalue weighted by atomic mass is 10.2. The highest BCUT2D eigenvalue weighted by Gasteiger charge is 2.08. The van der Waals surface area contributed by atoms with E-state index in [1.165, 1.54) is 0 Å². The van der Waals surface area contributed by atoms with Crippen LogP contribution in [0.2, 0.25) is 0 Å². The highest BCUT2D eigenvalue weighted by Crippen LogP contribution is 2.16. The first kappa shape index (κ1) is 11.0. The summed E-state index contributed by atoms with van der Waals surface area (Å²) < 4.78 is 1.98. The van der Waals surface area contributed by atoms with Crippen molar-refractivity contribution in [2.24, 2.45) is 0 Å². The number of rotatable bonds is 5. The molecule has 0 saturated carbocycles. The van der Waals surface area contributed by atoms with E-state index in [4.69, 9.17) is 10.2 Å². The van der Waals surface area contributed by atoms with Crippen molar-refractivity contribution in [3.05, 3.63) is 36.2 Å². The van der Waals surface area contributed by atoms with Crippen molar-refractivity contribution in [3.8, 4) is 0 Å². The molecule has 0 fully saturated rings. The lowest BCUT2D eigenvalue weighted by Gasteiger charge is -2.01. The van der Waals surface area contributed by atoms with Crippen molar-refractivity contribution in [2.75, 3.05) is 0 Å². The minimum absolute atomic E-state index is 0.587. The van der Waals surface area contributed by atoms with Crippen molar-refractivity contribution in [1.82, 2.24) is 4.57 Å². The van der Waals surface area contributed by atoms with Crippen LogP contribution in [0.4, 0.5) is 0 Å². The first-order valence-corrected chi connectivity index (χ1v) is 4.78. The van der Waals surface area contributed by atoms with Crippen LogP contribution < -0.4 is 0 Å². The smallest absolute Gasteiger partial charge is 0.180 e. The molecule has 0 aliphatic rings. The molecule has 0 aliphatic heterocycles. The van der Waals surface area contributed by atoms with Crippen molar-refractivity contribution >= 4 is 0 Å². The number of aromatic nitrogens is 1. The average Bonchev–Trinajstić information content (AvgIpc) is 2.47. The van der Waals surface area contributed by atoms with Crippen molar-refractivity contribution in [2.45, 2.75) is 32.6 Å². The van der Waals surface area contributed by atoms with Crippen molar-refractivity contribution < 1.29 is 10.2 Å². The second kappa shape index (κ2) is 4.98. The van der Waals surface area contributed by atoms with Crippen LogP contribution in [0.1, 0.15) is 30.3 Å². The number of allylic oxidation sites excluding steroid dienone is 1. The van der Waals surface area contributed by atoms with Gasteiger partial charge in [0.05, 0.1) is 0 Å². The van der Waals surface area contributed by atoms with E-state index < -0.39 is 6.29 Å². The SMILES string of the molecule is C=CCCCn1cc(C)c(C(O)O)c1. The van der Waals surface area contributed by atoms with Gasteiger partial charge in [0.1, 0.15) is 0 Å². The average molecular weight is 195 g/mol. The lowest BCUT2D eigenvalue weighted by molar-refractivity contribution is -0.0429. The van der Waals surface area contributed by atoms with Crippen molar-refractivity contribution in [3.63, 3.8) is 0 Å². The zero-order valence-corrected chi connectivity index (χ0v) is 8.48. The van der Waals surface area contributed by atoms with Gasteiger partial charge in [0, 0.05) is 24.5 Å². The molecule has 14 heavy (non-hydrogen) atoms. The zero-order valence-electron chi connectivity index (χ0n) is 8.48. The maximum Gasteiger partial charge on any atom is 0.180 e. The van der Waals surface area contributed by atoms with Gasteiger partial charge in [0.15, 0.2) is 6.29 Å². The third-order valence-electron chi connectivity index (χ3n) is 2.22. The Balaban J connectivity index is 2.61. The molecule has 0 bridgehead atoms. The third-order valence-corrected chi connectivity index (χ3v) is 2.22. The van der Waals surface area contributed by atoms with Gasteiger partial charge in [-0.3, -0.25) is 0 Å². The zero-order chi connectivity index (χ0) is 10.6. The Morgan fingerprint density at radius 2 is 2.21 bits per heavy atom. The van der Waals surface area contributed by atoms with Crippen LogP contribution in [-0.4, -0.2) is 14.8 Å². The van der Waals surface area contributed by atoms with E-state index >= 15 is 0 Å². The Morgan fingerprint density at radius 3 is 2.71 bits per heavy atom. The summed E-state index contributed by atoms with van der Waals surface area (Å²) in [5, 5.41) is 18.0. The summed E-state index contributed by atoms with van der Waals surface area (Å²) >= 11 is 0. The number of hydrogen-bond acceptors (Lipinski definition) is 2. The van der Waals surface area contributed by atoms with Gasteiger partial charge in [-0.25, -0.2) is 0 Å². The quantitative estimate of drug-likeness (QED) is 0.427. The van der Waals surface area contributed by atoms with E-state index in [9.17, 15) is 0 Å². The van der Waals surface area contributed by atoms with Gasteiger partial charge < -0.3 is 14.8 Å². The Labute approximate surface area is 84.3 Å². The molecule has 3 heteroatoms. The van der Waals surface area contributed by atoms with Crippen molar-refractivity contribution in [1.29, 1.82) is 0 Å².